The van der Waals surface area contributed by atoms with Crippen molar-refractivity contribution in [3.8, 4) is 0 Å². The fourth-order valence-corrected chi connectivity index (χ4v) is 0.732. The van der Waals surface area contributed by atoms with Gasteiger partial charge in [0.1, 0.15) is 0 Å². The first kappa shape index (κ1) is 12.2. The van der Waals surface area contributed by atoms with Crippen LogP contribution in [0.5, 0.6) is 0 Å². The Kier molecular flexibility index (Phi) is 4.71. The van der Waals surface area contributed by atoms with Gasteiger partial charge in [0, 0.05) is 0 Å². The molecule has 0 bridgehead atoms. The maximum atomic E-state index is 10.7. The van der Waals surface area contributed by atoms with Crippen molar-refractivity contribution < 1.29 is 26.9 Å². The summed E-state index contributed by atoms with van der Waals surface area (Å²) in [6.45, 7) is 3.23. The van der Waals surface area contributed by atoms with Crippen molar-refractivity contribution in [2.45, 2.75) is 20.0 Å². The lowest BCUT2D eigenvalue weighted by Gasteiger charge is -2.07. The van der Waals surface area contributed by atoms with Crippen LogP contribution in [0.3, 0.4) is 0 Å². The molecule has 0 unspecified atom stereocenters. The second-order valence-electron chi connectivity index (χ2n) is 2.40. The Bertz CT molecular complexity index is 254. The molecule has 0 aliphatic carbocycles. The Morgan fingerprint density at radius 1 is 1.38 bits per heavy atom. The number of carbonyl (C=O) groups is 1. The molecule has 0 aromatic rings. The van der Waals surface area contributed by atoms with E-state index >= 15 is 0 Å². The zero-order chi connectivity index (χ0) is 10.5. The normalized spacial score (nSPS) is 11.4. The highest BCUT2D eigenvalue weighted by Gasteiger charge is 2.14. The van der Waals surface area contributed by atoms with Crippen LogP contribution in [-0.4, -0.2) is 33.7 Å². The second-order valence-corrected chi connectivity index (χ2v) is 4.09. The van der Waals surface area contributed by atoms with Crippen molar-refractivity contribution in [2.24, 2.45) is 0 Å². The van der Waals surface area contributed by atoms with Gasteiger partial charge in [-0.1, -0.05) is 0 Å². The van der Waals surface area contributed by atoms with Gasteiger partial charge in [-0.05, 0) is 13.8 Å². The Labute approximate surface area is 76.9 Å². The van der Waals surface area contributed by atoms with E-state index in [1.54, 1.807) is 13.8 Å². The van der Waals surface area contributed by atoms with Crippen LogP contribution >= 0.6 is 0 Å². The molecule has 13 heavy (non-hydrogen) atoms. The predicted molar refractivity (Wildman–Crippen MR) is 43.5 cm³/mol. The summed E-state index contributed by atoms with van der Waals surface area (Å²) in [5.41, 5.74) is 0. The van der Waals surface area contributed by atoms with Crippen molar-refractivity contribution in [3.05, 3.63) is 0 Å². The summed E-state index contributed by atoms with van der Waals surface area (Å²) in [7, 11) is -2.79. The fourth-order valence-electron chi connectivity index (χ4n) is 0.395. The molecule has 0 amide bonds. The van der Waals surface area contributed by atoms with E-state index in [1.807, 2.05) is 0 Å². The fraction of sp³-hybridized carbons (Fsp3) is 0.833. The third-order valence-corrected chi connectivity index (χ3v) is 1.82. The molecular formula is C6H12O6S. The molecule has 0 aromatic carbocycles. The average molecular weight is 212 g/mol. The zero-order valence-electron chi connectivity index (χ0n) is 7.64. The number of rotatable bonds is 4. The summed E-state index contributed by atoms with van der Waals surface area (Å²) in [6.07, 6.45) is -1.38. The molecule has 78 valence electrons. The van der Waals surface area contributed by atoms with Crippen LogP contribution in [0.2, 0.25) is 0 Å². The molecule has 0 heterocycles. The van der Waals surface area contributed by atoms with Crippen molar-refractivity contribution in [1.29, 1.82) is 0 Å². The second kappa shape index (κ2) is 5.03. The van der Waals surface area contributed by atoms with E-state index in [1.165, 1.54) is 0 Å². The van der Waals surface area contributed by atoms with Crippen molar-refractivity contribution >= 4 is 16.3 Å². The van der Waals surface area contributed by atoms with Crippen LogP contribution in [0.15, 0.2) is 0 Å². The molecule has 0 aromatic heterocycles. The lowest BCUT2D eigenvalue weighted by Crippen LogP contribution is -2.18. The van der Waals surface area contributed by atoms with Gasteiger partial charge in [-0.2, -0.15) is 8.42 Å². The summed E-state index contributed by atoms with van der Waals surface area (Å²) >= 11 is 0. The molecule has 0 saturated carbocycles. The minimum atomic E-state index is -3.77. The molecule has 0 N–H and O–H groups in total. The molecular weight excluding hydrogens is 200 g/mol. The topological polar surface area (TPSA) is 78.9 Å². The van der Waals surface area contributed by atoms with Crippen LogP contribution in [0.1, 0.15) is 13.8 Å². The molecule has 7 heteroatoms. The SMILES string of the molecule is COS(=O)(=O)COC(=O)OC(C)C. The molecule has 0 aliphatic rings. The van der Waals surface area contributed by atoms with E-state index in [0.717, 1.165) is 7.11 Å². The number of hydrogen-bond donors (Lipinski definition) is 0. The van der Waals surface area contributed by atoms with Crippen molar-refractivity contribution in [2.75, 3.05) is 13.0 Å². The summed E-state index contributed by atoms with van der Waals surface area (Å²) in [5.74, 6) is -0.838. The maximum Gasteiger partial charge on any atom is 0.509 e. The van der Waals surface area contributed by atoms with Gasteiger partial charge in [-0.15, -0.1) is 0 Å². The summed E-state index contributed by atoms with van der Waals surface area (Å²) < 4.78 is 34.0. The number of hydrogen-bond acceptors (Lipinski definition) is 6. The third-order valence-electron chi connectivity index (χ3n) is 0.907. The Hall–Kier alpha value is -0.820. The third kappa shape index (κ3) is 6.35. The monoisotopic (exact) mass is 212 g/mol. The van der Waals surface area contributed by atoms with E-state index in [0.29, 0.717) is 0 Å². The molecule has 6 nitrogen and oxygen atoms in total. The lowest BCUT2D eigenvalue weighted by molar-refractivity contribution is 0.0436. The highest BCUT2D eigenvalue weighted by Crippen LogP contribution is 1.96. The van der Waals surface area contributed by atoms with Crippen LogP contribution in [0, 0.1) is 0 Å². The first-order chi connectivity index (χ1) is 5.87. The molecule has 0 saturated heterocycles. The highest BCUT2D eigenvalue weighted by atomic mass is 32.2. The van der Waals surface area contributed by atoms with Gasteiger partial charge in [0.2, 0.25) is 5.94 Å². The minimum Gasteiger partial charge on any atom is -0.432 e. The van der Waals surface area contributed by atoms with Gasteiger partial charge < -0.3 is 9.47 Å². The van der Waals surface area contributed by atoms with Gasteiger partial charge in [0.25, 0.3) is 0 Å². The highest BCUT2D eigenvalue weighted by molar-refractivity contribution is 7.86. The first-order valence-corrected chi connectivity index (χ1v) is 5.07. The summed E-state index contributed by atoms with van der Waals surface area (Å²) in [5, 5.41) is 0. The van der Waals surface area contributed by atoms with Gasteiger partial charge >= 0.3 is 16.3 Å². The molecule has 0 aliphatic heterocycles. The first-order valence-electron chi connectivity index (χ1n) is 3.49. The van der Waals surface area contributed by atoms with Crippen molar-refractivity contribution in [3.63, 3.8) is 0 Å². The van der Waals surface area contributed by atoms with Crippen molar-refractivity contribution in [1.82, 2.24) is 0 Å². The predicted octanol–water partition coefficient (Wildman–Crippen LogP) is 0.482. The number of ether oxygens (including phenoxy) is 2. The Morgan fingerprint density at radius 3 is 2.31 bits per heavy atom. The molecule has 0 atom stereocenters. The van der Waals surface area contributed by atoms with Crippen LogP contribution in [0.4, 0.5) is 4.79 Å². The van der Waals surface area contributed by atoms with E-state index in [9.17, 15) is 13.2 Å². The zero-order valence-corrected chi connectivity index (χ0v) is 8.46. The minimum absolute atomic E-state index is 0.349. The molecule has 0 spiro atoms. The van der Waals surface area contributed by atoms with E-state index in [-0.39, 0.29) is 6.10 Å². The van der Waals surface area contributed by atoms with Gasteiger partial charge in [-0.3, -0.25) is 4.18 Å². The van der Waals surface area contributed by atoms with E-state index in [4.69, 9.17) is 0 Å². The van der Waals surface area contributed by atoms with Crippen LogP contribution < -0.4 is 0 Å². The molecule has 0 radical (unpaired) electrons. The summed E-state index contributed by atoms with van der Waals surface area (Å²) in [6, 6.07) is 0. The summed E-state index contributed by atoms with van der Waals surface area (Å²) in [4.78, 5) is 10.7. The Morgan fingerprint density at radius 2 is 1.92 bits per heavy atom. The van der Waals surface area contributed by atoms with E-state index in [2.05, 4.69) is 13.7 Å². The lowest BCUT2D eigenvalue weighted by atomic mass is 10.5. The van der Waals surface area contributed by atoms with Gasteiger partial charge in [0.15, 0.2) is 0 Å². The van der Waals surface area contributed by atoms with Crippen LogP contribution in [-0.2, 0) is 23.8 Å². The quantitative estimate of drug-likeness (QED) is 0.498. The Balaban J connectivity index is 3.84. The standard InChI is InChI=1S/C6H12O6S/c1-5(2)12-6(7)11-4-13(8,9)10-3/h5H,4H2,1-3H3. The molecule has 0 rings (SSSR count). The smallest absolute Gasteiger partial charge is 0.432 e. The van der Waals surface area contributed by atoms with Gasteiger partial charge in [0.05, 0.1) is 13.2 Å². The van der Waals surface area contributed by atoms with E-state index < -0.39 is 22.2 Å². The maximum absolute atomic E-state index is 10.7. The number of carbonyl (C=O) groups excluding carboxylic acids is 1. The molecule has 0 fully saturated rings. The van der Waals surface area contributed by atoms with Gasteiger partial charge in [-0.25, -0.2) is 4.79 Å². The largest absolute Gasteiger partial charge is 0.509 e. The van der Waals surface area contributed by atoms with Crippen LogP contribution in [0.25, 0.3) is 0 Å². The average Bonchev–Trinajstić information content (AvgIpc) is 2.00.